The number of hydrogen-bond donors (Lipinski definition) is 0. The van der Waals surface area contributed by atoms with E-state index in [1.165, 1.54) is 11.8 Å². The second kappa shape index (κ2) is 7.93. The first kappa shape index (κ1) is 19.1. The zero-order chi connectivity index (χ0) is 19.4. The Morgan fingerprint density at radius 3 is 2.52 bits per heavy atom. The van der Waals surface area contributed by atoms with E-state index in [0.29, 0.717) is 24.5 Å². The van der Waals surface area contributed by atoms with Crippen molar-refractivity contribution in [2.75, 3.05) is 14.2 Å². The Bertz CT molecular complexity index is 865. The van der Waals surface area contributed by atoms with Crippen LogP contribution in [0.15, 0.2) is 53.4 Å². The van der Waals surface area contributed by atoms with Crippen LogP contribution in [0.4, 0.5) is 0 Å². The summed E-state index contributed by atoms with van der Waals surface area (Å²) in [5, 5.41) is 9.80. The van der Waals surface area contributed by atoms with E-state index in [2.05, 4.69) is 6.07 Å². The summed E-state index contributed by atoms with van der Waals surface area (Å²) < 4.78 is 9.91. The smallest absolute Gasteiger partial charge is 0.243 e. The Labute approximate surface area is 163 Å². The van der Waals surface area contributed by atoms with Crippen molar-refractivity contribution in [2.24, 2.45) is 0 Å². The SMILES string of the molecule is CCC1(Sc2ccccc2)C(=O)N(Cc2ccc(OC)cc2OC)C1C#N. The van der Waals surface area contributed by atoms with Crippen LogP contribution >= 0.6 is 11.8 Å². The maximum atomic E-state index is 13.1. The summed E-state index contributed by atoms with van der Waals surface area (Å²) in [6.07, 6.45) is 0.597. The first-order valence-electron chi connectivity index (χ1n) is 8.75. The molecular formula is C21H22N2O3S. The summed E-state index contributed by atoms with van der Waals surface area (Å²) in [4.78, 5) is 15.7. The fourth-order valence-electron chi connectivity index (χ4n) is 3.38. The predicted octanol–water partition coefficient (Wildman–Crippen LogP) is 3.88. The molecular weight excluding hydrogens is 360 g/mol. The van der Waals surface area contributed by atoms with Crippen molar-refractivity contribution in [3.05, 3.63) is 54.1 Å². The molecule has 1 heterocycles. The summed E-state index contributed by atoms with van der Waals surface area (Å²) >= 11 is 1.48. The maximum Gasteiger partial charge on any atom is 0.243 e. The lowest BCUT2D eigenvalue weighted by molar-refractivity contribution is -0.150. The number of ether oxygens (including phenoxy) is 2. The minimum absolute atomic E-state index is 0.0109. The quantitative estimate of drug-likeness (QED) is 0.680. The van der Waals surface area contributed by atoms with E-state index < -0.39 is 10.8 Å². The van der Waals surface area contributed by atoms with Crippen LogP contribution < -0.4 is 9.47 Å². The molecule has 140 valence electrons. The second-order valence-electron chi connectivity index (χ2n) is 6.30. The number of methoxy groups -OCH3 is 2. The van der Waals surface area contributed by atoms with E-state index in [1.54, 1.807) is 25.2 Å². The number of amides is 1. The molecule has 0 bridgehead atoms. The van der Waals surface area contributed by atoms with Gasteiger partial charge in [-0.15, -0.1) is 11.8 Å². The van der Waals surface area contributed by atoms with Gasteiger partial charge in [0.1, 0.15) is 22.3 Å². The number of likely N-dealkylation sites (tertiary alicyclic amines) is 1. The lowest BCUT2D eigenvalue weighted by atomic mass is 9.84. The number of benzene rings is 2. The van der Waals surface area contributed by atoms with E-state index in [0.717, 1.165) is 10.5 Å². The summed E-state index contributed by atoms with van der Waals surface area (Å²) in [6, 6.07) is 17.1. The maximum absolute atomic E-state index is 13.1. The van der Waals surface area contributed by atoms with Gasteiger partial charge >= 0.3 is 0 Å². The number of carbonyl (C=O) groups excluding carboxylic acids is 1. The third-order valence-corrected chi connectivity index (χ3v) is 6.46. The molecule has 1 amide bonds. The van der Waals surface area contributed by atoms with Gasteiger partial charge in [0.05, 0.1) is 26.8 Å². The average Bonchev–Trinajstić information content (AvgIpc) is 2.72. The summed E-state index contributed by atoms with van der Waals surface area (Å²) in [6.45, 7) is 2.30. The molecule has 1 aliphatic rings. The highest BCUT2D eigenvalue weighted by Gasteiger charge is 2.60. The van der Waals surface area contributed by atoms with E-state index in [4.69, 9.17) is 9.47 Å². The van der Waals surface area contributed by atoms with Crippen LogP contribution in [0.1, 0.15) is 18.9 Å². The highest BCUT2D eigenvalue weighted by molar-refractivity contribution is 8.01. The van der Waals surface area contributed by atoms with Crippen LogP contribution in [0.25, 0.3) is 0 Å². The van der Waals surface area contributed by atoms with Crippen LogP contribution in [0, 0.1) is 11.3 Å². The zero-order valence-electron chi connectivity index (χ0n) is 15.6. The molecule has 6 heteroatoms. The fourth-order valence-corrected chi connectivity index (χ4v) is 4.74. The van der Waals surface area contributed by atoms with Gasteiger partial charge in [0, 0.05) is 16.5 Å². The van der Waals surface area contributed by atoms with Gasteiger partial charge in [-0.3, -0.25) is 4.79 Å². The molecule has 5 nitrogen and oxygen atoms in total. The number of thioether (sulfide) groups is 1. The monoisotopic (exact) mass is 382 g/mol. The van der Waals surface area contributed by atoms with Crippen molar-refractivity contribution < 1.29 is 14.3 Å². The molecule has 2 aromatic rings. The van der Waals surface area contributed by atoms with Crippen LogP contribution in [0.3, 0.4) is 0 Å². The van der Waals surface area contributed by atoms with Crippen LogP contribution in [-0.4, -0.2) is 35.8 Å². The molecule has 0 radical (unpaired) electrons. The molecule has 0 N–H and O–H groups in total. The normalized spacial score (nSPS) is 21.3. The number of β-lactam (4-membered cyclic amide) rings is 1. The zero-order valence-corrected chi connectivity index (χ0v) is 16.5. The van der Waals surface area contributed by atoms with Crippen molar-refractivity contribution in [2.45, 2.75) is 35.6 Å². The summed E-state index contributed by atoms with van der Waals surface area (Å²) in [5.41, 5.74) is 0.848. The molecule has 2 atom stereocenters. The summed E-state index contributed by atoms with van der Waals surface area (Å²) in [5.74, 6) is 1.32. The first-order valence-corrected chi connectivity index (χ1v) is 9.57. The van der Waals surface area contributed by atoms with Crippen molar-refractivity contribution in [3.63, 3.8) is 0 Å². The Hall–Kier alpha value is -2.65. The highest BCUT2D eigenvalue weighted by atomic mass is 32.2. The van der Waals surface area contributed by atoms with E-state index in [1.807, 2.05) is 49.4 Å². The number of carbonyl (C=O) groups is 1. The molecule has 27 heavy (non-hydrogen) atoms. The Morgan fingerprint density at radius 1 is 1.19 bits per heavy atom. The van der Waals surface area contributed by atoms with Gasteiger partial charge in [0.25, 0.3) is 0 Å². The lowest BCUT2D eigenvalue weighted by Crippen LogP contribution is -2.70. The van der Waals surface area contributed by atoms with Crippen molar-refractivity contribution in [3.8, 4) is 17.6 Å². The molecule has 0 aliphatic carbocycles. The highest BCUT2D eigenvalue weighted by Crippen LogP contribution is 2.49. The fraction of sp³-hybridized carbons (Fsp3) is 0.333. The largest absolute Gasteiger partial charge is 0.497 e. The topological polar surface area (TPSA) is 62.6 Å². The molecule has 2 unspecified atom stereocenters. The predicted molar refractivity (Wildman–Crippen MR) is 105 cm³/mol. The Morgan fingerprint density at radius 2 is 1.93 bits per heavy atom. The molecule has 0 saturated carbocycles. The van der Waals surface area contributed by atoms with Gasteiger partial charge < -0.3 is 14.4 Å². The van der Waals surface area contributed by atoms with Crippen molar-refractivity contribution in [1.29, 1.82) is 5.26 Å². The van der Waals surface area contributed by atoms with Gasteiger partial charge in [-0.1, -0.05) is 25.1 Å². The molecule has 1 saturated heterocycles. The molecule has 1 aliphatic heterocycles. The van der Waals surface area contributed by atoms with Gasteiger partial charge in [-0.05, 0) is 30.7 Å². The third-order valence-electron chi connectivity index (χ3n) is 4.90. The summed E-state index contributed by atoms with van der Waals surface area (Å²) in [7, 11) is 3.18. The van der Waals surface area contributed by atoms with Gasteiger partial charge in [0.15, 0.2) is 0 Å². The molecule has 3 rings (SSSR count). The molecule has 0 spiro atoms. The Balaban J connectivity index is 1.85. The molecule has 1 fully saturated rings. The van der Waals surface area contributed by atoms with Crippen molar-refractivity contribution >= 4 is 17.7 Å². The van der Waals surface area contributed by atoms with Crippen LogP contribution in [0.2, 0.25) is 0 Å². The second-order valence-corrected chi connectivity index (χ2v) is 7.70. The van der Waals surface area contributed by atoms with E-state index in [9.17, 15) is 10.1 Å². The van der Waals surface area contributed by atoms with Crippen LogP contribution in [0.5, 0.6) is 11.5 Å². The lowest BCUT2D eigenvalue weighted by Gasteiger charge is -2.52. The van der Waals surface area contributed by atoms with Crippen LogP contribution in [-0.2, 0) is 11.3 Å². The average molecular weight is 382 g/mol. The number of hydrogen-bond acceptors (Lipinski definition) is 5. The standard InChI is InChI=1S/C21H22N2O3S/c1-4-21(27-17-8-6-5-7-9-17)19(13-22)23(20(21)24)14-15-10-11-16(25-2)12-18(15)26-3/h5-12,19H,4,14H2,1-3H3. The van der Waals surface area contributed by atoms with Gasteiger partial charge in [-0.2, -0.15) is 5.26 Å². The molecule has 2 aromatic carbocycles. The Kier molecular flexibility index (Phi) is 5.62. The number of nitriles is 1. The van der Waals surface area contributed by atoms with E-state index in [-0.39, 0.29) is 5.91 Å². The minimum atomic E-state index is -0.740. The van der Waals surface area contributed by atoms with Crippen molar-refractivity contribution in [1.82, 2.24) is 4.90 Å². The number of rotatable bonds is 7. The first-order chi connectivity index (χ1) is 13.1. The minimum Gasteiger partial charge on any atom is -0.497 e. The van der Waals surface area contributed by atoms with Gasteiger partial charge in [0.2, 0.25) is 5.91 Å². The third kappa shape index (κ3) is 3.35. The van der Waals surface area contributed by atoms with E-state index >= 15 is 0 Å². The molecule has 0 aromatic heterocycles. The van der Waals surface area contributed by atoms with Gasteiger partial charge in [-0.25, -0.2) is 0 Å². The number of nitrogens with zero attached hydrogens (tertiary/aromatic N) is 2.